The summed E-state index contributed by atoms with van der Waals surface area (Å²) in [5.41, 5.74) is 3.72. The SMILES string of the molecule is COC1CCN(c2cccc(S(=O)(=O)n3cc(C4=CCC(NC(=O)O)CC4)c4ncccc43)c2)C1. The first kappa shape index (κ1) is 23.4. The van der Waals surface area contributed by atoms with Gasteiger partial charge in [0.2, 0.25) is 0 Å². The lowest BCUT2D eigenvalue weighted by Gasteiger charge is -2.21. The zero-order valence-electron chi connectivity index (χ0n) is 19.4. The van der Waals surface area contributed by atoms with Crippen LogP contribution < -0.4 is 10.2 Å². The maximum atomic E-state index is 13.8. The van der Waals surface area contributed by atoms with Crippen LogP contribution in [0.25, 0.3) is 16.6 Å². The number of methoxy groups -OCH3 is 1. The smallest absolute Gasteiger partial charge is 0.404 e. The number of carboxylic acid groups (broad SMARTS) is 1. The van der Waals surface area contributed by atoms with Crippen molar-refractivity contribution in [2.75, 3.05) is 25.1 Å². The van der Waals surface area contributed by atoms with Crippen LogP contribution in [-0.2, 0) is 14.8 Å². The number of rotatable bonds is 6. The summed E-state index contributed by atoms with van der Waals surface area (Å²) < 4.78 is 34.4. The van der Waals surface area contributed by atoms with Crippen LogP contribution in [0.3, 0.4) is 0 Å². The molecule has 1 amide bonds. The summed E-state index contributed by atoms with van der Waals surface area (Å²) in [4.78, 5) is 17.8. The number of hydrogen-bond donors (Lipinski definition) is 2. The van der Waals surface area contributed by atoms with Gasteiger partial charge in [0.05, 0.1) is 22.0 Å². The molecule has 184 valence electrons. The third kappa shape index (κ3) is 4.51. The van der Waals surface area contributed by atoms with E-state index in [9.17, 15) is 13.2 Å². The number of pyridine rings is 1. The van der Waals surface area contributed by atoms with Crippen LogP contribution in [0.15, 0.2) is 59.8 Å². The van der Waals surface area contributed by atoms with Crippen LogP contribution >= 0.6 is 0 Å². The molecule has 9 nitrogen and oxygen atoms in total. The van der Waals surface area contributed by atoms with Gasteiger partial charge in [-0.25, -0.2) is 17.2 Å². The van der Waals surface area contributed by atoms with Gasteiger partial charge in [-0.15, -0.1) is 0 Å². The fraction of sp³-hybridized carbons (Fsp3) is 0.360. The zero-order valence-corrected chi connectivity index (χ0v) is 20.2. The van der Waals surface area contributed by atoms with E-state index in [4.69, 9.17) is 9.84 Å². The molecule has 0 radical (unpaired) electrons. The van der Waals surface area contributed by atoms with Crippen molar-refractivity contribution in [2.45, 2.75) is 42.7 Å². The number of carbonyl (C=O) groups is 1. The highest BCUT2D eigenvalue weighted by atomic mass is 32.2. The van der Waals surface area contributed by atoms with E-state index in [1.807, 2.05) is 12.1 Å². The standard InChI is InChI=1S/C25H28N4O5S/c1-34-20-11-13-28(15-20)19-4-2-5-21(14-19)35(32,33)29-16-22(24-23(29)6-3-12-26-24)17-7-9-18(10-8-17)27-25(30)31/h2-7,12,14,16,18,20,27H,8-11,13,15H2,1H3,(H,30,31). The summed E-state index contributed by atoms with van der Waals surface area (Å²) in [6, 6.07) is 10.4. The van der Waals surface area contributed by atoms with Gasteiger partial charge in [0, 0.05) is 49.9 Å². The van der Waals surface area contributed by atoms with Gasteiger partial charge < -0.3 is 20.1 Å². The molecule has 1 aromatic carbocycles. The number of hydrogen-bond acceptors (Lipinski definition) is 6. The molecule has 2 atom stereocenters. The van der Waals surface area contributed by atoms with E-state index in [0.29, 0.717) is 30.3 Å². The maximum Gasteiger partial charge on any atom is 0.404 e. The summed E-state index contributed by atoms with van der Waals surface area (Å²) in [6.45, 7) is 1.54. The molecule has 2 aromatic heterocycles. The lowest BCUT2D eigenvalue weighted by atomic mass is 9.91. The highest BCUT2D eigenvalue weighted by Gasteiger charge is 2.27. The zero-order chi connectivity index (χ0) is 24.6. The highest BCUT2D eigenvalue weighted by Crippen LogP contribution is 2.34. The molecular weight excluding hydrogens is 468 g/mol. The average molecular weight is 497 g/mol. The summed E-state index contributed by atoms with van der Waals surface area (Å²) in [7, 11) is -2.18. The van der Waals surface area contributed by atoms with Crippen molar-refractivity contribution >= 4 is 38.4 Å². The molecule has 1 aliphatic carbocycles. The normalized spacial score (nSPS) is 20.7. The van der Waals surface area contributed by atoms with Gasteiger partial charge in [-0.05, 0) is 61.6 Å². The van der Waals surface area contributed by atoms with Crippen LogP contribution in [0, 0.1) is 0 Å². The first-order chi connectivity index (χ1) is 16.9. The van der Waals surface area contributed by atoms with Crippen molar-refractivity contribution in [3.05, 3.63) is 60.4 Å². The Morgan fingerprint density at radius 1 is 1.23 bits per heavy atom. The van der Waals surface area contributed by atoms with Gasteiger partial charge in [0.1, 0.15) is 0 Å². The Morgan fingerprint density at radius 3 is 2.80 bits per heavy atom. The monoisotopic (exact) mass is 496 g/mol. The predicted molar refractivity (Wildman–Crippen MR) is 133 cm³/mol. The molecule has 5 rings (SSSR count). The van der Waals surface area contributed by atoms with E-state index in [1.54, 1.807) is 49.8 Å². The van der Waals surface area contributed by atoms with Crippen LogP contribution in [0.4, 0.5) is 10.5 Å². The van der Waals surface area contributed by atoms with E-state index in [2.05, 4.69) is 15.2 Å². The molecule has 1 fully saturated rings. The number of fused-ring (bicyclic) bond motifs is 1. The number of nitrogens with one attached hydrogen (secondary N) is 1. The van der Waals surface area contributed by atoms with Crippen LogP contribution in [0.2, 0.25) is 0 Å². The van der Waals surface area contributed by atoms with Gasteiger partial charge in [-0.2, -0.15) is 0 Å². The molecule has 10 heteroatoms. The van der Waals surface area contributed by atoms with E-state index in [0.717, 1.165) is 36.3 Å². The van der Waals surface area contributed by atoms with Gasteiger partial charge in [0.15, 0.2) is 0 Å². The number of nitrogens with zero attached hydrogens (tertiary/aromatic N) is 3. The molecule has 2 aliphatic rings. The number of anilines is 1. The van der Waals surface area contributed by atoms with Crippen molar-refractivity contribution in [2.24, 2.45) is 0 Å². The number of benzene rings is 1. The van der Waals surface area contributed by atoms with Crippen molar-refractivity contribution in [1.29, 1.82) is 0 Å². The van der Waals surface area contributed by atoms with Gasteiger partial charge in [-0.1, -0.05) is 12.1 Å². The molecule has 0 saturated carbocycles. The largest absolute Gasteiger partial charge is 0.465 e. The molecule has 35 heavy (non-hydrogen) atoms. The molecule has 1 saturated heterocycles. The van der Waals surface area contributed by atoms with Gasteiger partial charge in [-0.3, -0.25) is 4.98 Å². The Morgan fingerprint density at radius 2 is 2.09 bits per heavy atom. The quantitative estimate of drug-likeness (QED) is 0.535. The second kappa shape index (κ2) is 9.35. The minimum Gasteiger partial charge on any atom is -0.465 e. The van der Waals surface area contributed by atoms with Crippen LogP contribution in [0.1, 0.15) is 31.2 Å². The second-order valence-electron chi connectivity index (χ2n) is 8.95. The van der Waals surface area contributed by atoms with Crippen molar-refractivity contribution in [3.63, 3.8) is 0 Å². The minimum atomic E-state index is -3.88. The summed E-state index contributed by atoms with van der Waals surface area (Å²) in [6.07, 6.45) is 7.11. The molecular formula is C25H28N4O5S. The maximum absolute atomic E-state index is 13.8. The topological polar surface area (TPSA) is 114 Å². The third-order valence-electron chi connectivity index (χ3n) is 6.83. The fourth-order valence-corrected chi connectivity index (χ4v) is 6.36. The minimum absolute atomic E-state index is 0.145. The number of aromatic nitrogens is 2. The van der Waals surface area contributed by atoms with E-state index in [-0.39, 0.29) is 17.0 Å². The summed E-state index contributed by atoms with van der Waals surface area (Å²) in [5, 5.41) is 11.5. The molecule has 0 bridgehead atoms. The molecule has 2 unspecified atom stereocenters. The Bertz CT molecular complexity index is 1400. The average Bonchev–Trinajstić information content (AvgIpc) is 3.50. The second-order valence-corrected chi connectivity index (χ2v) is 10.8. The van der Waals surface area contributed by atoms with E-state index < -0.39 is 16.1 Å². The van der Waals surface area contributed by atoms with Gasteiger partial charge in [0.25, 0.3) is 10.0 Å². The first-order valence-corrected chi connectivity index (χ1v) is 13.1. The predicted octanol–water partition coefficient (Wildman–Crippen LogP) is 3.70. The number of amides is 1. The summed E-state index contributed by atoms with van der Waals surface area (Å²) in [5.74, 6) is 0. The lowest BCUT2D eigenvalue weighted by Crippen LogP contribution is -2.34. The fourth-order valence-electron chi connectivity index (χ4n) is 4.96. The highest BCUT2D eigenvalue weighted by molar-refractivity contribution is 7.90. The Kier molecular flexibility index (Phi) is 6.24. The summed E-state index contributed by atoms with van der Waals surface area (Å²) >= 11 is 0. The van der Waals surface area contributed by atoms with E-state index >= 15 is 0 Å². The van der Waals surface area contributed by atoms with Crippen molar-refractivity contribution < 1.29 is 23.1 Å². The van der Waals surface area contributed by atoms with Crippen LogP contribution in [0.5, 0.6) is 0 Å². The van der Waals surface area contributed by atoms with Gasteiger partial charge >= 0.3 is 6.09 Å². The van der Waals surface area contributed by atoms with Crippen molar-refractivity contribution in [1.82, 2.24) is 14.3 Å². The molecule has 3 aromatic rings. The lowest BCUT2D eigenvalue weighted by molar-refractivity contribution is 0.121. The number of ether oxygens (including phenoxy) is 1. The van der Waals surface area contributed by atoms with E-state index in [1.165, 1.54) is 3.97 Å². The molecule has 3 heterocycles. The first-order valence-electron chi connectivity index (χ1n) is 11.6. The molecule has 2 N–H and O–H groups in total. The molecule has 1 aliphatic heterocycles. The number of allylic oxidation sites excluding steroid dienone is 1. The Balaban J connectivity index is 1.51. The van der Waals surface area contributed by atoms with Crippen molar-refractivity contribution in [3.8, 4) is 0 Å². The third-order valence-corrected chi connectivity index (χ3v) is 8.50. The van der Waals surface area contributed by atoms with Crippen LogP contribution in [-0.4, -0.2) is 60.9 Å². The molecule has 0 spiro atoms. The Labute approximate surface area is 204 Å². The Hall–Kier alpha value is -3.37.